The molecule has 23 heavy (non-hydrogen) atoms. The van der Waals surface area contributed by atoms with Gasteiger partial charge in [0.25, 0.3) is 0 Å². The molecule has 0 aliphatic carbocycles. The maximum absolute atomic E-state index is 12.7. The summed E-state index contributed by atoms with van der Waals surface area (Å²) >= 11 is 6.00. The van der Waals surface area contributed by atoms with Gasteiger partial charge in [0.15, 0.2) is 5.75 Å². The van der Waals surface area contributed by atoms with Gasteiger partial charge in [-0.2, -0.15) is 0 Å². The number of hydrogen-bond donors (Lipinski definition) is 1. The molecule has 3 aromatic rings. The molecule has 1 aromatic heterocycles. The number of ether oxygens (including phenoxy) is 1. The summed E-state index contributed by atoms with van der Waals surface area (Å²) in [7, 11) is 0. The Morgan fingerprint density at radius 2 is 1.87 bits per heavy atom. The number of rotatable bonds is 4. The van der Waals surface area contributed by atoms with Crippen molar-refractivity contribution < 1.29 is 14.3 Å². The average Bonchev–Trinajstić information content (AvgIpc) is 2.92. The van der Waals surface area contributed by atoms with Crippen LogP contribution in [0.3, 0.4) is 0 Å². The highest BCUT2D eigenvalue weighted by Gasteiger charge is 2.22. The molecule has 0 unspecified atom stereocenters. The van der Waals surface area contributed by atoms with Gasteiger partial charge in [-0.15, -0.1) is 0 Å². The Morgan fingerprint density at radius 3 is 2.57 bits per heavy atom. The van der Waals surface area contributed by atoms with E-state index in [1.807, 2.05) is 6.07 Å². The van der Waals surface area contributed by atoms with Gasteiger partial charge in [-0.3, -0.25) is 9.59 Å². The maximum Gasteiger partial charge on any atom is 0.310 e. The summed E-state index contributed by atoms with van der Waals surface area (Å²) in [5.41, 5.74) is 1.41. The quantitative estimate of drug-likeness (QED) is 0.572. The number of aromatic amines is 1. The lowest BCUT2D eigenvalue weighted by Crippen LogP contribution is -2.10. The summed E-state index contributed by atoms with van der Waals surface area (Å²) < 4.78 is 5.40. The van der Waals surface area contributed by atoms with Gasteiger partial charge in [0.2, 0.25) is 5.78 Å². The molecule has 0 saturated heterocycles. The van der Waals surface area contributed by atoms with Crippen LogP contribution in [0.2, 0.25) is 5.02 Å². The van der Waals surface area contributed by atoms with Crippen LogP contribution < -0.4 is 4.74 Å². The highest BCUT2D eigenvalue weighted by molar-refractivity contribution is 6.31. The van der Waals surface area contributed by atoms with Crippen molar-refractivity contribution in [3.8, 4) is 5.75 Å². The van der Waals surface area contributed by atoms with Crippen molar-refractivity contribution in [2.75, 3.05) is 0 Å². The average molecular weight is 328 g/mol. The normalized spacial score (nSPS) is 10.7. The van der Waals surface area contributed by atoms with Crippen LogP contribution in [0.5, 0.6) is 5.75 Å². The van der Waals surface area contributed by atoms with E-state index in [-0.39, 0.29) is 23.6 Å². The van der Waals surface area contributed by atoms with Gasteiger partial charge in [-0.25, -0.2) is 0 Å². The number of fused-ring (bicyclic) bond motifs is 1. The summed E-state index contributed by atoms with van der Waals surface area (Å²) in [6, 6.07) is 13.9. The first-order valence-corrected chi connectivity index (χ1v) is 7.59. The van der Waals surface area contributed by atoms with Gasteiger partial charge in [-0.1, -0.05) is 48.9 Å². The monoisotopic (exact) mass is 327 g/mol. The molecule has 2 aromatic carbocycles. The van der Waals surface area contributed by atoms with Crippen LogP contribution in [0.1, 0.15) is 29.4 Å². The summed E-state index contributed by atoms with van der Waals surface area (Å²) in [5.74, 6) is -0.392. The fraction of sp³-hybridized carbons (Fsp3) is 0.111. The number of hydrogen-bond acceptors (Lipinski definition) is 3. The lowest BCUT2D eigenvalue weighted by Gasteiger charge is -2.05. The molecule has 116 valence electrons. The van der Waals surface area contributed by atoms with E-state index in [4.69, 9.17) is 16.3 Å². The zero-order chi connectivity index (χ0) is 16.4. The first kappa shape index (κ1) is 15.3. The van der Waals surface area contributed by atoms with E-state index < -0.39 is 5.97 Å². The van der Waals surface area contributed by atoms with Gasteiger partial charge >= 0.3 is 5.97 Å². The standard InChI is InChI=1S/C18H14ClNO3/c1-2-15(21)23-18-13-9-8-12(19)10-14(13)20-16(18)17(22)11-6-4-3-5-7-11/h3-10,20H,2H2,1H3. The third kappa shape index (κ3) is 2.98. The Bertz CT molecular complexity index is 884. The Kier molecular flexibility index (Phi) is 4.17. The lowest BCUT2D eigenvalue weighted by molar-refractivity contribution is -0.133. The first-order chi connectivity index (χ1) is 11.1. The van der Waals surface area contributed by atoms with Crippen molar-refractivity contribution in [2.24, 2.45) is 0 Å². The topological polar surface area (TPSA) is 59.2 Å². The zero-order valence-corrected chi connectivity index (χ0v) is 13.2. The second-order valence-corrected chi connectivity index (χ2v) is 5.48. The minimum Gasteiger partial charge on any atom is -0.423 e. The Morgan fingerprint density at radius 1 is 1.13 bits per heavy atom. The van der Waals surface area contributed by atoms with Gasteiger partial charge < -0.3 is 9.72 Å². The molecular formula is C18H14ClNO3. The van der Waals surface area contributed by atoms with Crippen molar-refractivity contribution in [2.45, 2.75) is 13.3 Å². The Balaban J connectivity index is 2.16. The van der Waals surface area contributed by atoms with Crippen LogP contribution >= 0.6 is 11.6 Å². The smallest absolute Gasteiger partial charge is 0.310 e. The summed E-state index contributed by atoms with van der Waals surface area (Å²) in [5, 5.41) is 1.18. The summed E-state index contributed by atoms with van der Waals surface area (Å²) in [6.07, 6.45) is 0.221. The van der Waals surface area contributed by atoms with Crippen LogP contribution in [0.25, 0.3) is 10.9 Å². The number of aromatic nitrogens is 1. The molecule has 0 atom stereocenters. The highest BCUT2D eigenvalue weighted by Crippen LogP contribution is 2.33. The van der Waals surface area contributed by atoms with Crippen molar-refractivity contribution in [1.82, 2.24) is 4.98 Å². The third-order valence-electron chi connectivity index (χ3n) is 3.48. The van der Waals surface area contributed by atoms with Gasteiger partial charge in [0, 0.05) is 22.4 Å². The third-order valence-corrected chi connectivity index (χ3v) is 3.72. The number of carbonyl (C=O) groups excluding carboxylic acids is 2. The lowest BCUT2D eigenvalue weighted by atomic mass is 10.1. The molecule has 0 radical (unpaired) electrons. The largest absolute Gasteiger partial charge is 0.423 e. The molecule has 1 heterocycles. The predicted octanol–water partition coefficient (Wildman–Crippen LogP) is 4.37. The number of carbonyl (C=O) groups is 2. The van der Waals surface area contributed by atoms with E-state index in [0.29, 0.717) is 21.5 Å². The molecular weight excluding hydrogens is 314 g/mol. The fourth-order valence-electron chi connectivity index (χ4n) is 2.33. The highest BCUT2D eigenvalue weighted by atomic mass is 35.5. The summed E-state index contributed by atoms with van der Waals surface area (Å²) in [4.78, 5) is 27.5. The number of benzene rings is 2. The van der Waals surface area contributed by atoms with Crippen LogP contribution in [0, 0.1) is 0 Å². The molecule has 4 nitrogen and oxygen atoms in total. The molecule has 0 bridgehead atoms. The van der Waals surface area contributed by atoms with Crippen molar-refractivity contribution in [3.05, 3.63) is 64.8 Å². The van der Waals surface area contributed by atoms with Gasteiger partial charge in [0.1, 0.15) is 5.69 Å². The first-order valence-electron chi connectivity index (χ1n) is 7.21. The number of halogens is 1. The molecule has 0 fully saturated rings. The van der Waals surface area contributed by atoms with E-state index in [2.05, 4.69) is 4.98 Å². The van der Waals surface area contributed by atoms with Crippen LogP contribution in [-0.4, -0.2) is 16.7 Å². The molecule has 0 amide bonds. The van der Waals surface area contributed by atoms with E-state index in [0.717, 1.165) is 0 Å². The van der Waals surface area contributed by atoms with Crippen molar-refractivity contribution >= 4 is 34.3 Å². The van der Waals surface area contributed by atoms with E-state index in [9.17, 15) is 9.59 Å². The zero-order valence-electron chi connectivity index (χ0n) is 12.4. The SMILES string of the molecule is CCC(=O)Oc1c(C(=O)c2ccccc2)[nH]c2cc(Cl)ccc12. The molecule has 0 saturated carbocycles. The number of nitrogens with one attached hydrogen (secondary N) is 1. The molecule has 5 heteroatoms. The van der Waals surface area contributed by atoms with Crippen LogP contribution in [-0.2, 0) is 4.79 Å². The second-order valence-electron chi connectivity index (χ2n) is 5.04. The summed E-state index contributed by atoms with van der Waals surface area (Å²) in [6.45, 7) is 1.70. The van der Waals surface area contributed by atoms with E-state index in [1.165, 1.54) is 0 Å². The molecule has 0 aliphatic rings. The van der Waals surface area contributed by atoms with Gasteiger partial charge in [0.05, 0.1) is 5.52 Å². The van der Waals surface area contributed by atoms with E-state index >= 15 is 0 Å². The fourth-order valence-corrected chi connectivity index (χ4v) is 2.50. The maximum atomic E-state index is 12.7. The number of esters is 1. The molecule has 0 aliphatic heterocycles. The van der Waals surface area contributed by atoms with Crippen LogP contribution in [0.15, 0.2) is 48.5 Å². The van der Waals surface area contributed by atoms with Gasteiger partial charge in [-0.05, 0) is 18.2 Å². The minimum atomic E-state index is -0.400. The molecule has 0 spiro atoms. The van der Waals surface area contributed by atoms with Crippen LogP contribution in [0.4, 0.5) is 0 Å². The number of ketones is 1. The predicted molar refractivity (Wildman–Crippen MR) is 89.1 cm³/mol. The molecule has 1 N–H and O–H groups in total. The Labute approximate surface area is 138 Å². The molecule has 3 rings (SSSR count). The van der Waals surface area contributed by atoms with Crippen molar-refractivity contribution in [1.29, 1.82) is 0 Å². The minimum absolute atomic E-state index is 0.221. The number of H-pyrrole nitrogens is 1. The van der Waals surface area contributed by atoms with Crippen molar-refractivity contribution in [3.63, 3.8) is 0 Å². The van der Waals surface area contributed by atoms with E-state index in [1.54, 1.807) is 49.4 Å². The Hall–Kier alpha value is -2.59. The second kappa shape index (κ2) is 6.26.